The van der Waals surface area contributed by atoms with Gasteiger partial charge in [-0.3, -0.25) is 9.59 Å². The van der Waals surface area contributed by atoms with Crippen LogP contribution in [0, 0.1) is 0 Å². The van der Waals surface area contributed by atoms with Crippen molar-refractivity contribution in [2.24, 2.45) is 0 Å². The van der Waals surface area contributed by atoms with Gasteiger partial charge in [-0.05, 0) is 34.6 Å². The maximum atomic E-state index is 12.0. The Morgan fingerprint density at radius 1 is 0.947 bits per heavy atom. The minimum Gasteiger partial charge on any atom is -0.518 e. The Hall–Kier alpha value is -0.353. The van der Waals surface area contributed by atoms with Crippen LogP contribution < -0.4 is 0 Å². The van der Waals surface area contributed by atoms with Gasteiger partial charge in [-0.2, -0.15) is 0 Å². The maximum absolute atomic E-state index is 12.0. The average Bonchev–Trinajstić information content (AvgIpc) is 2.23. The highest BCUT2D eigenvalue weighted by molar-refractivity contribution is 6.78. The molecular weight excluding hydrogens is 280 g/mol. The molecule has 0 fully saturated rings. The molecule has 0 unspecified atom stereocenters. The summed E-state index contributed by atoms with van der Waals surface area (Å²) >= 11 is 5.26. The summed E-state index contributed by atoms with van der Waals surface area (Å²) < 4.78 is 5.95. The minimum absolute atomic E-state index is 0.180. The molecule has 0 amide bonds. The standard InChI is InChI=1S/C14H27ClO3Si/c1-10(2)19(11(3)4,12(5)6)18-14(17)9-7-8-13(15)16/h10-12H,7-9H2,1-6H3. The van der Waals surface area contributed by atoms with E-state index in [1.807, 2.05) is 0 Å². The van der Waals surface area contributed by atoms with E-state index in [9.17, 15) is 9.59 Å². The molecule has 0 saturated heterocycles. The average molecular weight is 307 g/mol. The fraction of sp³-hybridized carbons (Fsp3) is 0.857. The van der Waals surface area contributed by atoms with Gasteiger partial charge in [0.1, 0.15) is 0 Å². The van der Waals surface area contributed by atoms with E-state index in [-0.39, 0.29) is 18.8 Å². The summed E-state index contributed by atoms with van der Waals surface area (Å²) in [6.07, 6.45) is 0.982. The van der Waals surface area contributed by atoms with Crippen molar-refractivity contribution in [3.63, 3.8) is 0 Å². The van der Waals surface area contributed by atoms with Crippen LogP contribution in [0.15, 0.2) is 0 Å². The zero-order valence-corrected chi connectivity index (χ0v) is 14.7. The topological polar surface area (TPSA) is 43.4 Å². The van der Waals surface area contributed by atoms with Crippen molar-refractivity contribution < 1.29 is 14.0 Å². The van der Waals surface area contributed by atoms with E-state index in [1.54, 1.807) is 0 Å². The molecule has 0 atom stereocenters. The zero-order valence-electron chi connectivity index (χ0n) is 13.0. The van der Waals surface area contributed by atoms with E-state index in [2.05, 4.69) is 41.5 Å². The maximum Gasteiger partial charge on any atom is 0.292 e. The van der Waals surface area contributed by atoms with Gasteiger partial charge in [-0.1, -0.05) is 41.5 Å². The van der Waals surface area contributed by atoms with E-state index in [4.69, 9.17) is 16.0 Å². The van der Waals surface area contributed by atoms with Crippen molar-refractivity contribution in [3.05, 3.63) is 0 Å². The van der Waals surface area contributed by atoms with E-state index >= 15 is 0 Å². The Morgan fingerprint density at radius 3 is 1.68 bits per heavy atom. The van der Waals surface area contributed by atoms with Gasteiger partial charge in [0.05, 0.1) is 0 Å². The van der Waals surface area contributed by atoms with Crippen LogP contribution in [-0.4, -0.2) is 19.5 Å². The lowest BCUT2D eigenvalue weighted by atomic mass is 10.2. The lowest BCUT2D eigenvalue weighted by Crippen LogP contribution is -2.49. The number of carbonyl (C=O) groups excluding carboxylic acids is 2. The van der Waals surface area contributed by atoms with Crippen molar-refractivity contribution in [1.29, 1.82) is 0 Å². The molecule has 3 nitrogen and oxygen atoms in total. The van der Waals surface area contributed by atoms with E-state index < -0.39 is 13.6 Å². The van der Waals surface area contributed by atoms with Gasteiger partial charge in [-0.25, -0.2) is 0 Å². The first-order valence-corrected chi connectivity index (χ1v) is 9.56. The quantitative estimate of drug-likeness (QED) is 0.484. The molecule has 0 aromatic carbocycles. The Morgan fingerprint density at radius 2 is 1.37 bits per heavy atom. The first-order chi connectivity index (χ1) is 8.64. The molecule has 0 aliphatic rings. The Kier molecular flexibility index (Phi) is 7.90. The van der Waals surface area contributed by atoms with Gasteiger partial charge in [0.15, 0.2) is 0 Å². The Bertz CT molecular complexity index is 292. The molecular formula is C14H27ClO3Si. The molecule has 0 N–H and O–H groups in total. The molecule has 0 bridgehead atoms. The predicted octanol–water partition coefficient (Wildman–Crippen LogP) is 4.64. The molecule has 0 aliphatic carbocycles. The zero-order chi connectivity index (χ0) is 15.2. The Labute approximate surface area is 123 Å². The second-order valence-electron chi connectivity index (χ2n) is 6.00. The summed E-state index contributed by atoms with van der Waals surface area (Å²) in [5, 5.41) is -0.395. The number of hydrogen-bond acceptors (Lipinski definition) is 3. The predicted molar refractivity (Wildman–Crippen MR) is 81.9 cm³/mol. The molecule has 19 heavy (non-hydrogen) atoms. The van der Waals surface area contributed by atoms with Gasteiger partial charge in [0, 0.05) is 12.8 Å². The second-order valence-corrected chi connectivity index (χ2v) is 11.8. The highest BCUT2D eigenvalue weighted by Gasteiger charge is 2.47. The summed E-state index contributed by atoms with van der Waals surface area (Å²) in [6, 6.07) is 0. The summed E-state index contributed by atoms with van der Waals surface area (Å²) in [7, 11) is -2.14. The summed E-state index contributed by atoms with van der Waals surface area (Å²) in [4.78, 5) is 22.7. The van der Waals surface area contributed by atoms with Gasteiger partial charge in [0.2, 0.25) is 5.24 Å². The number of rotatable bonds is 8. The number of halogens is 1. The molecule has 0 aromatic rings. The first kappa shape index (κ1) is 18.6. The highest BCUT2D eigenvalue weighted by atomic mass is 35.5. The Balaban J connectivity index is 4.74. The van der Waals surface area contributed by atoms with Gasteiger partial charge in [0.25, 0.3) is 14.3 Å². The van der Waals surface area contributed by atoms with Crippen molar-refractivity contribution in [1.82, 2.24) is 0 Å². The molecule has 0 heterocycles. The molecule has 0 aliphatic heterocycles. The second kappa shape index (κ2) is 8.05. The summed E-state index contributed by atoms with van der Waals surface area (Å²) in [6.45, 7) is 12.8. The van der Waals surface area contributed by atoms with Crippen LogP contribution in [0.2, 0.25) is 16.6 Å². The monoisotopic (exact) mass is 306 g/mol. The fourth-order valence-electron chi connectivity index (χ4n) is 2.97. The molecule has 0 aromatic heterocycles. The van der Waals surface area contributed by atoms with Crippen molar-refractivity contribution in [2.75, 3.05) is 0 Å². The largest absolute Gasteiger partial charge is 0.518 e. The van der Waals surface area contributed by atoms with E-state index in [0.29, 0.717) is 23.0 Å². The molecule has 0 spiro atoms. The first-order valence-electron chi connectivity index (χ1n) is 7.04. The lowest BCUT2D eigenvalue weighted by Gasteiger charge is -2.41. The van der Waals surface area contributed by atoms with Gasteiger partial charge >= 0.3 is 0 Å². The van der Waals surface area contributed by atoms with Crippen molar-refractivity contribution >= 4 is 31.1 Å². The van der Waals surface area contributed by atoms with Crippen LogP contribution in [-0.2, 0) is 14.0 Å². The van der Waals surface area contributed by atoms with Crippen LogP contribution >= 0.6 is 11.6 Å². The minimum atomic E-state index is -2.14. The van der Waals surface area contributed by atoms with Crippen LogP contribution in [0.1, 0.15) is 60.8 Å². The molecule has 0 radical (unpaired) electrons. The molecule has 112 valence electrons. The third kappa shape index (κ3) is 5.26. The third-order valence-corrected chi connectivity index (χ3v) is 9.94. The van der Waals surface area contributed by atoms with Crippen LogP contribution in [0.5, 0.6) is 0 Å². The molecule has 0 saturated carbocycles. The summed E-state index contributed by atoms with van der Waals surface area (Å²) in [5.74, 6) is -0.180. The van der Waals surface area contributed by atoms with E-state index in [0.717, 1.165) is 0 Å². The van der Waals surface area contributed by atoms with Gasteiger partial charge < -0.3 is 4.43 Å². The van der Waals surface area contributed by atoms with E-state index in [1.165, 1.54) is 0 Å². The smallest absolute Gasteiger partial charge is 0.292 e. The fourth-order valence-corrected chi connectivity index (χ4v) is 8.31. The van der Waals surface area contributed by atoms with Gasteiger partial charge in [-0.15, -0.1) is 0 Å². The lowest BCUT2D eigenvalue weighted by molar-refractivity contribution is -0.135. The molecule has 5 heteroatoms. The SMILES string of the molecule is CC(C)[Si](OC(=O)CCCC(=O)Cl)(C(C)C)C(C)C. The summed E-state index contributed by atoms with van der Waals surface area (Å²) in [5.41, 5.74) is 1.14. The normalized spacial score (nSPS) is 12.3. The van der Waals surface area contributed by atoms with Crippen molar-refractivity contribution in [2.45, 2.75) is 77.4 Å². The third-order valence-electron chi connectivity index (χ3n) is 3.75. The van der Waals surface area contributed by atoms with Crippen molar-refractivity contribution in [3.8, 4) is 0 Å². The number of carbonyl (C=O) groups is 2. The van der Waals surface area contributed by atoms with Crippen LogP contribution in [0.25, 0.3) is 0 Å². The molecule has 0 rings (SSSR count). The highest BCUT2D eigenvalue weighted by Crippen LogP contribution is 2.42. The van der Waals surface area contributed by atoms with Crippen LogP contribution in [0.4, 0.5) is 0 Å². The number of hydrogen-bond donors (Lipinski definition) is 0. The van der Waals surface area contributed by atoms with Crippen LogP contribution in [0.3, 0.4) is 0 Å².